The fourth-order valence-corrected chi connectivity index (χ4v) is 9.22. The van der Waals surface area contributed by atoms with Gasteiger partial charge in [-0.05, 0) is 122 Å². The first kappa shape index (κ1) is 31.6. The summed E-state index contributed by atoms with van der Waals surface area (Å²) in [6, 6.07) is 71.4. The van der Waals surface area contributed by atoms with Crippen LogP contribution in [0.4, 0.5) is 17.1 Å². The van der Waals surface area contributed by atoms with Crippen molar-refractivity contribution in [3.05, 3.63) is 205 Å². The quantitative estimate of drug-likeness (QED) is 0.162. The Bertz CT molecular complexity index is 3100. The van der Waals surface area contributed by atoms with Crippen LogP contribution in [0.3, 0.4) is 0 Å². The maximum atomic E-state index is 2.42. The largest absolute Gasteiger partial charge is 0.310 e. The van der Waals surface area contributed by atoms with Crippen molar-refractivity contribution in [1.82, 2.24) is 4.57 Å². The van der Waals surface area contributed by atoms with Gasteiger partial charge in [-0.2, -0.15) is 0 Å². The number of aromatic nitrogens is 1. The van der Waals surface area contributed by atoms with Crippen LogP contribution in [-0.2, 0) is 5.41 Å². The summed E-state index contributed by atoms with van der Waals surface area (Å²) < 4.78 is 2.41. The molecule has 0 unspecified atom stereocenters. The molecule has 0 atom stereocenters. The van der Waals surface area contributed by atoms with Crippen molar-refractivity contribution in [3.63, 3.8) is 0 Å². The summed E-state index contributed by atoms with van der Waals surface area (Å²) in [5.41, 5.74) is 14.8. The van der Waals surface area contributed by atoms with E-state index in [2.05, 4.69) is 217 Å². The Morgan fingerprint density at radius 2 is 1.00 bits per heavy atom. The molecule has 1 aliphatic rings. The molecular weight excluding hydrogens is 665 g/mol. The lowest BCUT2D eigenvalue weighted by Gasteiger charge is -2.28. The molecule has 0 amide bonds. The summed E-state index contributed by atoms with van der Waals surface area (Å²) in [4.78, 5) is 2.42. The molecule has 0 fully saturated rings. The second-order valence-corrected chi connectivity index (χ2v) is 15.4. The average molecular weight is 703 g/mol. The van der Waals surface area contributed by atoms with Gasteiger partial charge in [-0.1, -0.05) is 141 Å². The SMILES string of the molecule is CC1(C)c2ccccc2-c2ccc(N(c3ccc(-c4ccccc4)cc3)c3ccc4c(ccc5cc6c7ccccc7n(-c7ccccc7)c6cc54)c3)cc21. The summed E-state index contributed by atoms with van der Waals surface area (Å²) in [6.07, 6.45) is 0. The van der Waals surface area contributed by atoms with Crippen LogP contribution < -0.4 is 4.90 Å². The number of nitrogens with zero attached hydrogens (tertiary/aromatic N) is 2. The van der Waals surface area contributed by atoms with Gasteiger partial charge in [0, 0.05) is 38.9 Å². The topological polar surface area (TPSA) is 8.17 Å². The van der Waals surface area contributed by atoms with Gasteiger partial charge < -0.3 is 9.47 Å². The molecule has 11 rings (SSSR count). The van der Waals surface area contributed by atoms with Crippen molar-refractivity contribution < 1.29 is 0 Å². The zero-order valence-corrected chi connectivity index (χ0v) is 30.9. The van der Waals surface area contributed by atoms with Gasteiger partial charge in [0.25, 0.3) is 0 Å². The molecule has 0 spiro atoms. The minimum atomic E-state index is -0.0966. The van der Waals surface area contributed by atoms with Gasteiger partial charge in [-0.15, -0.1) is 0 Å². The van der Waals surface area contributed by atoms with Crippen LogP contribution >= 0.6 is 0 Å². The number of rotatable bonds is 5. The van der Waals surface area contributed by atoms with E-state index in [0.717, 1.165) is 17.1 Å². The van der Waals surface area contributed by atoms with E-state index in [-0.39, 0.29) is 5.41 Å². The van der Waals surface area contributed by atoms with E-state index in [4.69, 9.17) is 0 Å². The van der Waals surface area contributed by atoms with Gasteiger partial charge in [0.05, 0.1) is 11.0 Å². The molecule has 2 nitrogen and oxygen atoms in total. The summed E-state index contributed by atoms with van der Waals surface area (Å²) in [7, 11) is 0. The van der Waals surface area contributed by atoms with Crippen LogP contribution in [0.1, 0.15) is 25.0 Å². The number of hydrogen-bond acceptors (Lipinski definition) is 1. The first-order valence-electron chi connectivity index (χ1n) is 19.2. The monoisotopic (exact) mass is 702 g/mol. The molecule has 9 aromatic carbocycles. The lowest BCUT2D eigenvalue weighted by atomic mass is 9.82. The molecule has 1 aromatic heterocycles. The third-order valence-corrected chi connectivity index (χ3v) is 11.9. The Morgan fingerprint density at radius 1 is 0.382 bits per heavy atom. The number of anilines is 3. The first-order chi connectivity index (χ1) is 27.0. The summed E-state index contributed by atoms with van der Waals surface area (Å²) in [5, 5.41) is 7.51. The lowest BCUT2D eigenvalue weighted by molar-refractivity contribution is 0.660. The van der Waals surface area contributed by atoms with Gasteiger partial charge in [0.1, 0.15) is 0 Å². The van der Waals surface area contributed by atoms with Crippen molar-refractivity contribution in [2.24, 2.45) is 0 Å². The van der Waals surface area contributed by atoms with Crippen LogP contribution in [0.15, 0.2) is 194 Å². The number of para-hydroxylation sites is 2. The van der Waals surface area contributed by atoms with E-state index in [0.29, 0.717) is 0 Å². The van der Waals surface area contributed by atoms with E-state index < -0.39 is 0 Å². The average Bonchev–Trinajstić information content (AvgIpc) is 3.68. The van der Waals surface area contributed by atoms with Crippen LogP contribution in [0.5, 0.6) is 0 Å². The molecule has 1 aliphatic carbocycles. The van der Waals surface area contributed by atoms with E-state index >= 15 is 0 Å². The Balaban J connectivity index is 1.09. The Morgan fingerprint density at radius 3 is 1.82 bits per heavy atom. The summed E-state index contributed by atoms with van der Waals surface area (Å²) in [6.45, 7) is 4.71. The first-order valence-corrected chi connectivity index (χ1v) is 19.2. The minimum absolute atomic E-state index is 0.0966. The Labute approximate surface area is 321 Å². The second-order valence-electron chi connectivity index (χ2n) is 15.4. The van der Waals surface area contributed by atoms with Crippen LogP contribution in [0, 0.1) is 0 Å². The third-order valence-electron chi connectivity index (χ3n) is 11.9. The van der Waals surface area contributed by atoms with Crippen LogP contribution in [-0.4, -0.2) is 4.57 Å². The highest BCUT2D eigenvalue weighted by atomic mass is 15.1. The van der Waals surface area contributed by atoms with Gasteiger partial charge in [0.2, 0.25) is 0 Å². The van der Waals surface area contributed by atoms with Gasteiger partial charge in [-0.25, -0.2) is 0 Å². The van der Waals surface area contributed by atoms with E-state index in [1.54, 1.807) is 0 Å². The highest BCUT2D eigenvalue weighted by Crippen LogP contribution is 2.51. The van der Waals surface area contributed by atoms with Crippen molar-refractivity contribution >= 4 is 60.4 Å². The van der Waals surface area contributed by atoms with Gasteiger partial charge in [-0.3, -0.25) is 0 Å². The Hall–Kier alpha value is -6.90. The molecular formula is C53H38N2. The Kier molecular flexibility index (Phi) is 6.93. The zero-order valence-electron chi connectivity index (χ0n) is 30.9. The maximum absolute atomic E-state index is 2.42. The molecule has 0 saturated heterocycles. The van der Waals surface area contributed by atoms with Gasteiger partial charge in [0.15, 0.2) is 0 Å². The predicted molar refractivity (Wildman–Crippen MR) is 233 cm³/mol. The molecule has 0 N–H and O–H groups in total. The van der Waals surface area contributed by atoms with Crippen molar-refractivity contribution in [1.29, 1.82) is 0 Å². The molecule has 260 valence electrons. The number of benzene rings is 9. The van der Waals surface area contributed by atoms with E-state index in [1.165, 1.54) is 82.4 Å². The normalized spacial score (nSPS) is 13.1. The smallest absolute Gasteiger partial charge is 0.0547 e. The highest BCUT2D eigenvalue weighted by molar-refractivity contribution is 6.18. The molecule has 2 heteroatoms. The van der Waals surface area contributed by atoms with E-state index in [9.17, 15) is 0 Å². The minimum Gasteiger partial charge on any atom is -0.310 e. The van der Waals surface area contributed by atoms with E-state index in [1.807, 2.05) is 0 Å². The molecule has 1 heterocycles. The molecule has 0 saturated carbocycles. The number of fused-ring (bicyclic) bond motifs is 9. The third kappa shape index (κ3) is 4.88. The molecule has 0 radical (unpaired) electrons. The lowest BCUT2D eigenvalue weighted by Crippen LogP contribution is -2.16. The van der Waals surface area contributed by atoms with Crippen LogP contribution in [0.2, 0.25) is 0 Å². The highest BCUT2D eigenvalue weighted by Gasteiger charge is 2.35. The van der Waals surface area contributed by atoms with Crippen LogP contribution in [0.25, 0.3) is 71.3 Å². The maximum Gasteiger partial charge on any atom is 0.0547 e. The van der Waals surface area contributed by atoms with Gasteiger partial charge >= 0.3 is 0 Å². The summed E-state index contributed by atoms with van der Waals surface area (Å²) >= 11 is 0. The molecule has 55 heavy (non-hydrogen) atoms. The fraction of sp³-hybridized carbons (Fsp3) is 0.0566. The van der Waals surface area contributed by atoms with Crippen molar-refractivity contribution in [3.8, 4) is 27.9 Å². The molecule has 0 bridgehead atoms. The predicted octanol–water partition coefficient (Wildman–Crippen LogP) is 14.5. The fourth-order valence-electron chi connectivity index (χ4n) is 9.22. The van der Waals surface area contributed by atoms with Crippen molar-refractivity contribution in [2.75, 3.05) is 4.90 Å². The second kappa shape index (κ2) is 12.1. The summed E-state index contributed by atoms with van der Waals surface area (Å²) in [5.74, 6) is 0. The van der Waals surface area contributed by atoms with Crippen molar-refractivity contribution in [2.45, 2.75) is 19.3 Å². The number of hydrogen-bond donors (Lipinski definition) is 0. The molecule has 10 aromatic rings. The standard InChI is InChI=1S/C53H38N2/c1-53(2)49-19-11-9-17-44(49)45-30-28-42(33-50(45)53)54(40-25-23-36(24-26-40)35-13-5-3-6-14-35)41-27-29-43-37(31-41)21-22-38-32-48-46-18-10-12-20-51(46)55(52(48)34-47(38)43)39-15-7-4-8-16-39/h3-34H,1-2H3. The zero-order chi connectivity index (χ0) is 36.7. The molecule has 0 aliphatic heterocycles.